The predicted molar refractivity (Wildman–Crippen MR) is 125 cm³/mol. The SMILES string of the molecule is Cc1csc(SCc2ccc(C(=O)NCc3ccccc3CN3CCCC3)cc2)n1. The minimum absolute atomic E-state index is 0.0271. The Morgan fingerprint density at radius 1 is 1.10 bits per heavy atom. The molecule has 0 bridgehead atoms. The van der Waals surface area contributed by atoms with Crippen LogP contribution in [-0.4, -0.2) is 28.9 Å². The summed E-state index contributed by atoms with van der Waals surface area (Å²) in [7, 11) is 0. The van der Waals surface area contributed by atoms with Crippen LogP contribution >= 0.6 is 23.1 Å². The van der Waals surface area contributed by atoms with E-state index in [1.807, 2.05) is 37.3 Å². The fourth-order valence-electron chi connectivity index (χ4n) is 3.64. The molecule has 2 aromatic carbocycles. The zero-order valence-electron chi connectivity index (χ0n) is 17.3. The van der Waals surface area contributed by atoms with Gasteiger partial charge in [-0.2, -0.15) is 0 Å². The highest BCUT2D eigenvalue weighted by Crippen LogP contribution is 2.26. The molecule has 2 heterocycles. The van der Waals surface area contributed by atoms with E-state index >= 15 is 0 Å². The summed E-state index contributed by atoms with van der Waals surface area (Å²) in [6.07, 6.45) is 2.58. The highest BCUT2D eigenvalue weighted by atomic mass is 32.2. The molecule has 0 spiro atoms. The summed E-state index contributed by atoms with van der Waals surface area (Å²) in [5.74, 6) is 0.833. The second-order valence-electron chi connectivity index (χ2n) is 7.68. The third kappa shape index (κ3) is 5.72. The molecule has 1 fully saturated rings. The lowest BCUT2D eigenvalue weighted by Crippen LogP contribution is -2.25. The molecule has 1 amide bonds. The molecule has 30 heavy (non-hydrogen) atoms. The molecule has 1 aromatic heterocycles. The van der Waals surface area contributed by atoms with Crippen LogP contribution in [0.3, 0.4) is 0 Å². The minimum Gasteiger partial charge on any atom is -0.348 e. The summed E-state index contributed by atoms with van der Waals surface area (Å²) >= 11 is 3.41. The lowest BCUT2D eigenvalue weighted by Gasteiger charge is -2.17. The molecule has 0 aliphatic carbocycles. The molecular formula is C24H27N3OS2. The van der Waals surface area contributed by atoms with Gasteiger partial charge >= 0.3 is 0 Å². The van der Waals surface area contributed by atoms with E-state index in [0.29, 0.717) is 12.1 Å². The van der Waals surface area contributed by atoms with Gasteiger partial charge in [-0.25, -0.2) is 4.98 Å². The highest BCUT2D eigenvalue weighted by molar-refractivity contribution is 8.00. The number of benzene rings is 2. The number of carbonyl (C=O) groups excluding carboxylic acids is 1. The number of hydrogen-bond donors (Lipinski definition) is 1. The van der Waals surface area contributed by atoms with Crippen molar-refractivity contribution in [1.29, 1.82) is 0 Å². The van der Waals surface area contributed by atoms with Crippen molar-refractivity contribution in [2.75, 3.05) is 13.1 Å². The molecule has 1 aliphatic rings. The van der Waals surface area contributed by atoms with Crippen LogP contribution in [0.2, 0.25) is 0 Å². The number of thiazole rings is 1. The van der Waals surface area contributed by atoms with Crippen molar-refractivity contribution in [3.63, 3.8) is 0 Å². The normalized spacial score (nSPS) is 14.2. The van der Waals surface area contributed by atoms with Crippen LogP contribution in [0.25, 0.3) is 0 Å². The van der Waals surface area contributed by atoms with E-state index in [1.54, 1.807) is 23.1 Å². The maximum atomic E-state index is 12.6. The van der Waals surface area contributed by atoms with Gasteiger partial charge in [0, 0.05) is 35.5 Å². The van der Waals surface area contributed by atoms with Crippen molar-refractivity contribution in [3.05, 3.63) is 81.9 Å². The Morgan fingerprint density at radius 2 is 1.83 bits per heavy atom. The van der Waals surface area contributed by atoms with Crippen LogP contribution < -0.4 is 5.32 Å². The molecule has 4 nitrogen and oxygen atoms in total. The zero-order valence-corrected chi connectivity index (χ0v) is 18.9. The largest absolute Gasteiger partial charge is 0.348 e. The smallest absolute Gasteiger partial charge is 0.251 e. The molecule has 0 atom stereocenters. The van der Waals surface area contributed by atoms with E-state index < -0.39 is 0 Å². The summed E-state index contributed by atoms with van der Waals surface area (Å²) in [4.78, 5) is 19.6. The summed E-state index contributed by atoms with van der Waals surface area (Å²) in [5, 5.41) is 5.16. The van der Waals surface area contributed by atoms with Gasteiger partial charge in [0.05, 0.1) is 0 Å². The van der Waals surface area contributed by atoms with E-state index in [4.69, 9.17) is 0 Å². The second-order valence-corrected chi connectivity index (χ2v) is 9.76. The van der Waals surface area contributed by atoms with E-state index in [9.17, 15) is 4.79 Å². The minimum atomic E-state index is -0.0271. The maximum Gasteiger partial charge on any atom is 0.251 e. The van der Waals surface area contributed by atoms with E-state index in [2.05, 4.69) is 38.8 Å². The highest BCUT2D eigenvalue weighted by Gasteiger charge is 2.14. The van der Waals surface area contributed by atoms with Gasteiger partial charge in [0.2, 0.25) is 0 Å². The van der Waals surface area contributed by atoms with Crippen LogP contribution in [-0.2, 0) is 18.8 Å². The fourth-order valence-corrected chi connectivity index (χ4v) is 5.44. The molecule has 4 rings (SSSR count). The number of likely N-dealkylation sites (tertiary alicyclic amines) is 1. The maximum absolute atomic E-state index is 12.6. The first-order chi connectivity index (χ1) is 14.7. The fraction of sp³-hybridized carbons (Fsp3) is 0.333. The van der Waals surface area contributed by atoms with Crippen molar-refractivity contribution in [2.24, 2.45) is 0 Å². The van der Waals surface area contributed by atoms with Crippen molar-refractivity contribution in [1.82, 2.24) is 15.2 Å². The van der Waals surface area contributed by atoms with Gasteiger partial charge in [-0.05, 0) is 61.7 Å². The van der Waals surface area contributed by atoms with Crippen LogP contribution in [0.1, 0.15) is 45.6 Å². The number of nitrogens with one attached hydrogen (secondary N) is 1. The molecule has 0 radical (unpaired) electrons. The third-order valence-corrected chi connectivity index (χ3v) is 7.54. The standard InChI is InChI=1S/C24H27N3OS2/c1-18-16-29-24(26-18)30-17-19-8-10-20(11-9-19)23(28)25-14-21-6-2-3-7-22(21)15-27-12-4-5-13-27/h2-3,6-11,16H,4-5,12-15,17H2,1H3,(H,25,28). The molecule has 156 valence electrons. The molecule has 3 aromatic rings. The quantitative estimate of drug-likeness (QED) is 0.488. The van der Waals surface area contributed by atoms with Crippen LogP contribution in [0.4, 0.5) is 0 Å². The number of thioether (sulfide) groups is 1. The van der Waals surface area contributed by atoms with Crippen molar-refractivity contribution in [2.45, 2.75) is 42.9 Å². The molecular weight excluding hydrogens is 410 g/mol. The average Bonchev–Trinajstić information content (AvgIpc) is 3.43. The monoisotopic (exact) mass is 437 g/mol. The van der Waals surface area contributed by atoms with E-state index in [1.165, 1.54) is 42.6 Å². The molecule has 0 unspecified atom stereocenters. The summed E-state index contributed by atoms with van der Waals surface area (Å²) < 4.78 is 1.09. The lowest BCUT2D eigenvalue weighted by molar-refractivity contribution is 0.0950. The number of hydrogen-bond acceptors (Lipinski definition) is 5. The predicted octanol–water partition coefficient (Wildman–Crippen LogP) is 5.27. The molecule has 0 saturated carbocycles. The van der Waals surface area contributed by atoms with Crippen molar-refractivity contribution in [3.8, 4) is 0 Å². The van der Waals surface area contributed by atoms with Gasteiger partial charge in [0.1, 0.15) is 4.34 Å². The van der Waals surface area contributed by atoms with Crippen LogP contribution in [0.15, 0.2) is 58.3 Å². The Bertz CT molecular complexity index is 978. The summed E-state index contributed by atoms with van der Waals surface area (Å²) in [6.45, 7) is 5.89. The first-order valence-corrected chi connectivity index (χ1v) is 12.2. The average molecular weight is 438 g/mol. The number of aromatic nitrogens is 1. The number of aryl methyl sites for hydroxylation is 1. The Hall–Kier alpha value is -2.15. The van der Waals surface area contributed by atoms with Gasteiger partial charge in [0.25, 0.3) is 5.91 Å². The third-order valence-electron chi connectivity index (χ3n) is 5.33. The Labute approximate surface area is 186 Å². The van der Waals surface area contributed by atoms with Gasteiger partial charge in [-0.15, -0.1) is 11.3 Å². The molecule has 1 N–H and O–H groups in total. The Kier molecular flexibility index (Phi) is 7.20. The number of carbonyl (C=O) groups is 1. The van der Waals surface area contributed by atoms with Crippen molar-refractivity contribution >= 4 is 29.0 Å². The Balaban J connectivity index is 1.31. The number of rotatable bonds is 8. The molecule has 6 heteroatoms. The Morgan fingerprint density at radius 3 is 2.53 bits per heavy atom. The van der Waals surface area contributed by atoms with Crippen LogP contribution in [0.5, 0.6) is 0 Å². The van der Waals surface area contributed by atoms with Gasteiger partial charge in [-0.3, -0.25) is 9.69 Å². The molecule has 1 aliphatic heterocycles. The van der Waals surface area contributed by atoms with E-state index in [-0.39, 0.29) is 5.91 Å². The van der Waals surface area contributed by atoms with Crippen LogP contribution in [0, 0.1) is 6.92 Å². The van der Waals surface area contributed by atoms with Gasteiger partial charge in [0.15, 0.2) is 0 Å². The summed E-state index contributed by atoms with van der Waals surface area (Å²) in [6, 6.07) is 16.3. The van der Waals surface area contributed by atoms with Gasteiger partial charge in [-0.1, -0.05) is 48.2 Å². The first kappa shape index (κ1) is 21.1. The molecule has 1 saturated heterocycles. The first-order valence-electron chi connectivity index (χ1n) is 10.4. The second kappa shape index (κ2) is 10.2. The number of amides is 1. The topological polar surface area (TPSA) is 45.2 Å². The lowest BCUT2D eigenvalue weighted by atomic mass is 10.1. The van der Waals surface area contributed by atoms with Gasteiger partial charge < -0.3 is 5.32 Å². The zero-order chi connectivity index (χ0) is 20.8. The summed E-state index contributed by atoms with van der Waals surface area (Å²) in [5.41, 5.74) is 5.47. The van der Waals surface area contributed by atoms with Crippen molar-refractivity contribution < 1.29 is 4.79 Å². The van der Waals surface area contributed by atoms with E-state index in [0.717, 1.165) is 22.3 Å². The number of nitrogens with zero attached hydrogens (tertiary/aromatic N) is 2.